The van der Waals surface area contributed by atoms with E-state index in [4.69, 9.17) is 5.73 Å². The van der Waals surface area contributed by atoms with E-state index in [1.54, 1.807) is 0 Å². The minimum absolute atomic E-state index is 0.471. The summed E-state index contributed by atoms with van der Waals surface area (Å²) in [5.41, 5.74) is 6.85. The van der Waals surface area contributed by atoms with Gasteiger partial charge in [0, 0.05) is 12.2 Å². The van der Waals surface area contributed by atoms with Crippen LogP contribution in [0, 0.1) is 0 Å². The van der Waals surface area contributed by atoms with Crippen LogP contribution in [0.2, 0.25) is 0 Å². The van der Waals surface area contributed by atoms with Crippen LogP contribution in [-0.2, 0) is 0 Å². The van der Waals surface area contributed by atoms with Gasteiger partial charge in [-0.3, -0.25) is 4.90 Å². The Morgan fingerprint density at radius 1 is 1.27 bits per heavy atom. The lowest BCUT2D eigenvalue weighted by Crippen LogP contribution is -2.32. The lowest BCUT2D eigenvalue weighted by atomic mass is 10.0. The Balaban J connectivity index is 2.05. The predicted molar refractivity (Wildman–Crippen MR) is 62.5 cm³/mol. The fourth-order valence-corrected chi connectivity index (χ4v) is 2.18. The maximum Gasteiger partial charge on any atom is 0.123 e. The number of likely N-dealkylation sites (tertiary alicyclic amines) is 1. The number of hydrogen-bond acceptors (Lipinski definition) is 3. The Labute approximate surface area is 91.3 Å². The van der Waals surface area contributed by atoms with E-state index < -0.39 is 0 Å². The second kappa shape index (κ2) is 4.62. The smallest absolute Gasteiger partial charge is 0.123 e. The molecule has 1 atom stereocenters. The third kappa shape index (κ3) is 2.48. The molecule has 0 saturated carbocycles. The zero-order valence-corrected chi connectivity index (χ0v) is 9.32. The van der Waals surface area contributed by atoms with Crippen LogP contribution in [-0.4, -0.2) is 23.0 Å². The summed E-state index contributed by atoms with van der Waals surface area (Å²) in [6.45, 7) is 4.68. The van der Waals surface area contributed by atoms with E-state index in [0.717, 1.165) is 0 Å². The van der Waals surface area contributed by atoms with E-state index >= 15 is 0 Å². The summed E-state index contributed by atoms with van der Waals surface area (Å²) in [6, 6.07) is 4.44. The van der Waals surface area contributed by atoms with Gasteiger partial charge in [0.05, 0.1) is 0 Å². The molecule has 15 heavy (non-hydrogen) atoms. The zero-order valence-electron chi connectivity index (χ0n) is 9.32. The first-order valence-corrected chi connectivity index (χ1v) is 5.73. The molecule has 3 nitrogen and oxygen atoms in total. The minimum Gasteiger partial charge on any atom is -0.384 e. The fraction of sp³-hybridized carbons (Fsp3) is 0.583. The van der Waals surface area contributed by atoms with E-state index in [1.807, 2.05) is 12.3 Å². The largest absolute Gasteiger partial charge is 0.384 e. The molecule has 2 rings (SSSR count). The highest BCUT2D eigenvalue weighted by atomic mass is 15.2. The average molecular weight is 205 g/mol. The molecule has 3 heteroatoms. The van der Waals surface area contributed by atoms with Crippen molar-refractivity contribution in [3.05, 3.63) is 23.9 Å². The Morgan fingerprint density at radius 2 is 2.00 bits per heavy atom. The summed E-state index contributed by atoms with van der Waals surface area (Å²) < 4.78 is 0. The molecule has 0 aromatic carbocycles. The maximum absolute atomic E-state index is 5.58. The molecule has 0 aliphatic carbocycles. The first kappa shape index (κ1) is 10.4. The molecule has 2 heterocycles. The van der Waals surface area contributed by atoms with Gasteiger partial charge in [-0.05, 0) is 44.5 Å². The van der Waals surface area contributed by atoms with E-state index in [-0.39, 0.29) is 0 Å². The van der Waals surface area contributed by atoms with Crippen LogP contribution in [0.5, 0.6) is 0 Å². The summed E-state index contributed by atoms with van der Waals surface area (Å²) in [6.07, 6.45) is 5.93. The molecule has 1 aliphatic heterocycles. The lowest BCUT2D eigenvalue weighted by Gasteiger charge is -2.32. The van der Waals surface area contributed by atoms with Gasteiger partial charge in [-0.1, -0.05) is 12.5 Å². The molecule has 0 amide bonds. The van der Waals surface area contributed by atoms with Gasteiger partial charge in [0.1, 0.15) is 5.82 Å². The van der Waals surface area contributed by atoms with Crippen LogP contribution in [0.3, 0.4) is 0 Å². The van der Waals surface area contributed by atoms with Crippen LogP contribution in [0.15, 0.2) is 18.3 Å². The normalized spacial score (nSPS) is 20.1. The van der Waals surface area contributed by atoms with Gasteiger partial charge in [-0.25, -0.2) is 4.98 Å². The van der Waals surface area contributed by atoms with Crippen molar-refractivity contribution in [1.29, 1.82) is 0 Å². The number of rotatable bonds is 2. The molecule has 0 spiro atoms. The highest BCUT2D eigenvalue weighted by Crippen LogP contribution is 2.23. The first-order chi connectivity index (χ1) is 7.27. The number of hydrogen-bond donors (Lipinski definition) is 1. The second-order valence-corrected chi connectivity index (χ2v) is 4.29. The third-order valence-electron chi connectivity index (χ3n) is 3.23. The quantitative estimate of drug-likeness (QED) is 0.805. The molecule has 82 valence electrons. The second-order valence-electron chi connectivity index (χ2n) is 4.29. The standard InChI is InChI=1S/C12H19N3/c1-10(15-7-3-2-4-8-15)11-5-6-12(13)14-9-11/h5-6,9-10H,2-4,7-8H2,1H3,(H2,13,14). The van der Waals surface area contributed by atoms with E-state index in [0.29, 0.717) is 11.9 Å². The van der Waals surface area contributed by atoms with E-state index in [1.165, 1.54) is 37.9 Å². The van der Waals surface area contributed by atoms with E-state index in [9.17, 15) is 0 Å². The topological polar surface area (TPSA) is 42.1 Å². The van der Waals surface area contributed by atoms with Crippen LogP contribution in [0.4, 0.5) is 5.82 Å². The number of nitrogen functional groups attached to an aromatic ring is 1. The predicted octanol–water partition coefficient (Wildman–Crippen LogP) is 2.21. The number of nitrogens with two attached hydrogens (primary N) is 1. The van der Waals surface area contributed by atoms with Crippen LogP contribution in [0.25, 0.3) is 0 Å². The molecular formula is C12H19N3. The molecule has 2 N–H and O–H groups in total. The number of anilines is 1. The summed E-state index contributed by atoms with van der Waals surface area (Å²) in [4.78, 5) is 6.67. The van der Waals surface area contributed by atoms with Gasteiger partial charge in [-0.15, -0.1) is 0 Å². The number of aromatic nitrogens is 1. The number of pyridine rings is 1. The SMILES string of the molecule is CC(c1ccc(N)nc1)N1CCCCC1. The molecule has 0 bridgehead atoms. The van der Waals surface area contributed by atoms with Crippen molar-refractivity contribution in [1.82, 2.24) is 9.88 Å². The van der Waals surface area contributed by atoms with Crippen molar-refractivity contribution in [2.45, 2.75) is 32.2 Å². The molecule has 1 unspecified atom stereocenters. The van der Waals surface area contributed by atoms with Crippen molar-refractivity contribution in [3.63, 3.8) is 0 Å². The molecular weight excluding hydrogens is 186 g/mol. The van der Waals surface area contributed by atoms with Gasteiger partial charge in [-0.2, -0.15) is 0 Å². The van der Waals surface area contributed by atoms with Gasteiger partial charge in [0.2, 0.25) is 0 Å². The van der Waals surface area contributed by atoms with Crippen molar-refractivity contribution in [2.24, 2.45) is 0 Å². The molecule has 1 aromatic rings. The summed E-state index contributed by atoms with van der Waals surface area (Å²) in [5.74, 6) is 0.601. The van der Waals surface area contributed by atoms with Crippen LogP contribution in [0.1, 0.15) is 37.8 Å². The van der Waals surface area contributed by atoms with Crippen molar-refractivity contribution >= 4 is 5.82 Å². The maximum atomic E-state index is 5.58. The summed E-state index contributed by atoms with van der Waals surface area (Å²) in [5, 5.41) is 0. The molecule has 0 radical (unpaired) electrons. The Hall–Kier alpha value is -1.09. The highest BCUT2D eigenvalue weighted by molar-refractivity contribution is 5.30. The lowest BCUT2D eigenvalue weighted by molar-refractivity contribution is 0.174. The summed E-state index contributed by atoms with van der Waals surface area (Å²) in [7, 11) is 0. The highest BCUT2D eigenvalue weighted by Gasteiger charge is 2.17. The van der Waals surface area contributed by atoms with Gasteiger partial charge in [0.25, 0.3) is 0 Å². The molecule has 1 saturated heterocycles. The van der Waals surface area contributed by atoms with Gasteiger partial charge in [0.15, 0.2) is 0 Å². The van der Waals surface area contributed by atoms with Crippen LogP contribution < -0.4 is 5.73 Å². The number of piperidine rings is 1. The van der Waals surface area contributed by atoms with E-state index in [2.05, 4.69) is 22.9 Å². The minimum atomic E-state index is 0.471. The monoisotopic (exact) mass is 205 g/mol. The van der Waals surface area contributed by atoms with Crippen molar-refractivity contribution in [3.8, 4) is 0 Å². The average Bonchev–Trinajstić information content (AvgIpc) is 2.30. The molecule has 1 aromatic heterocycles. The van der Waals surface area contributed by atoms with Crippen molar-refractivity contribution < 1.29 is 0 Å². The van der Waals surface area contributed by atoms with Gasteiger partial charge >= 0.3 is 0 Å². The molecule has 1 fully saturated rings. The molecule has 1 aliphatic rings. The van der Waals surface area contributed by atoms with Crippen molar-refractivity contribution in [2.75, 3.05) is 18.8 Å². The van der Waals surface area contributed by atoms with Gasteiger partial charge < -0.3 is 5.73 Å². The third-order valence-corrected chi connectivity index (χ3v) is 3.23. The summed E-state index contributed by atoms with van der Waals surface area (Å²) >= 11 is 0. The first-order valence-electron chi connectivity index (χ1n) is 5.73. The van der Waals surface area contributed by atoms with Crippen LogP contribution >= 0.6 is 0 Å². The fourth-order valence-electron chi connectivity index (χ4n) is 2.18. The Morgan fingerprint density at radius 3 is 2.60 bits per heavy atom. The number of nitrogens with zero attached hydrogens (tertiary/aromatic N) is 2. The Bertz CT molecular complexity index is 301. The zero-order chi connectivity index (χ0) is 10.7. The Kier molecular flexibility index (Phi) is 3.21.